The zero-order valence-corrected chi connectivity index (χ0v) is 22.4. The lowest BCUT2D eigenvalue weighted by molar-refractivity contribution is -0.672. The summed E-state index contributed by atoms with van der Waals surface area (Å²) >= 11 is 0. The van der Waals surface area contributed by atoms with Crippen LogP contribution in [0, 0.1) is 149 Å². The lowest BCUT2D eigenvalue weighted by Gasteiger charge is -2.30. The molecule has 2 unspecified atom stereocenters. The van der Waals surface area contributed by atoms with Crippen molar-refractivity contribution in [2.45, 2.75) is 31.2 Å². The van der Waals surface area contributed by atoms with Crippen LogP contribution in [0.25, 0.3) is 11.3 Å². The number of hydrogen-bond acceptors (Lipinski definition) is 0. The average molecular weight is 523 g/mol. The van der Waals surface area contributed by atoms with Gasteiger partial charge in [0.05, 0.1) is 5.56 Å². The predicted octanol–water partition coefficient (Wildman–Crippen LogP) is 3.07. The molecule has 2 heterocycles. The van der Waals surface area contributed by atoms with E-state index in [2.05, 4.69) is 177 Å². The number of aromatic nitrogens is 1. The highest BCUT2D eigenvalue weighted by molar-refractivity contribution is 5.81. The van der Waals surface area contributed by atoms with Crippen molar-refractivity contribution < 1.29 is 4.57 Å². The second kappa shape index (κ2) is 13.2. The maximum atomic E-state index is 4.96. The number of nitrogens with zero attached hydrogens (tertiary/aromatic N) is 1. The van der Waals surface area contributed by atoms with Crippen LogP contribution in [0.2, 0.25) is 0 Å². The molecule has 0 amide bonds. The van der Waals surface area contributed by atoms with Crippen LogP contribution < -0.4 is 4.57 Å². The summed E-state index contributed by atoms with van der Waals surface area (Å²) in [5.41, 5.74) is 7.05. The summed E-state index contributed by atoms with van der Waals surface area (Å²) < 4.78 is 2.39. The maximum absolute atomic E-state index is 4.96. The van der Waals surface area contributed by atoms with Gasteiger partial charge in [-0.15, -0.1) is 6.42 Å². The Bertz CT molecular complexity index is 2230. The third-order valence-corrected chi connectivity index (χ3v) is 6.99. The second-order valence-electron chi connectivity index (χ2n) is 9.07. The highest BCUT2D eigenvalue weighted by Gasteiger charge is 2.56. The van der Waals surface area contributed by atoms with E-state index in [4.69, 9.17) is 6.42 Å². The van der Waals surface area contributed by atoms with Crippen LogP contribution in [0.5, 0.6) is 0 Å². The Morgan fingerprint density at radius 3 is 1.71 bits per heavy atom. The number of hydrogen-bond donors (Lipinski definition) is 0. The molecule has 2 aliphatic carbocycles. The molecule has 1 aromatic heterocycles. The van der Waals surface area contributed by atoms with Gasteiger partial charge < -0.3 is 0 Å². The van der Waals surface area contributed by atoms with Gasteiger partial charge in [-0.25, -0.2) is 0 Å². The Kier molecular flexibility index (Phi) is 8.41. The topological polar surface area (TPSA) is 3.88 Å². The zero-order chi connectivity index (χ0) is 28.9. The summed E-state index contributed by atoms with van der Waals surface area (Å²) in [6, 6.07) is 11.2. The first-order valence-corrected chi connectivity index (χ1v) is 13.0. The summed E-state index contributed by atoms with van der Waals surface area (Å²) in [4.78, 5) is 0. The van der Waals surface area contributed by atoms with Crippen molar-refractivity contribution in [1.82, 2.24) is 0 Å². The standard InChI is InChI=1S/C41H16N/c1-2-3-4-5-6-7-8-9-10-11-12-13-14-15-16-17-18-19-20-21-22-23-28-36-29-25-32-41(36)37-30-24-27-35-34-42-33-26-31-38(41)40(42)39(35)37/h1,24,26-27,30-31,33,36H,25,29,32,34H2/q+1. The Balaban J connectivity index is 1.16. The molecule has 2 atom stereocenters. The van der Waals surface area contributed by atoms with E-state index in [9.17, 15) is 0 Å². The van der Waals surface area contributed by atoms with Gasteiger partial charge in [0.25, 0.3) is 0 Å². The van der Waals surface area contributed by atoms with Crippen LogP contribution in [0.3, 0.4) is 0 Å². The summed E-state index contributed by atoms with van der Waals surface area (Å²) in [6.07, 6.45) is 10.5. The monoisotopic (exact) mass is 522 g/mol. The van der Waals surface area contributed by atoms with E-state index in [-0.39, 0.29) is 11.3 Å². The van der Waals surface area contributed by atoms with Gasteiger partial charge in [0.2, 0.25) is 5.69 Å². The summed E-state index contributed by atoms with van der Waals surface area (Å²) in [7, 11) is 0. The Labute approximate surface area is 248 Å². The molecule has 184 valence electrons. The van der Waals surface area contributed by atoms with Crippen molar-refractivity contribution in [3.8, 4) is 154 Å². The molecular weight excluding hydrogens is 506 g/mol. The average Bonchev–Trinajstić information content (AvgIpc) is 3.69. The number of terminal acetylenes is 1. The van der Waals surface area contributed by atoms with Gasteiger partial charge in [0.1, 0.15) is 0 Å². The minimum Gasteiger partial charge on any atom is -0.194 e. The first kappa shape index (κ1) is 26.7. The molecular formula is C41H16N+. The first-order valence-electron chi connectivity index (χ1n) is 13.0. The van der Waals surface area contributed by atoms with E-state index in [0.717, 1.165) is 25.8 Å². The van der Waals surface area contributed by atoms with E-state index in [1.54, 1.807) is 0 Å². The first-order chi connectivity index (χ1) is 20.9. The fraction of sp³-hybridized carbons (Fsp3) is 0.146. The van der Waals surface area contributed by atoms with Crippen LogP contribution >= 0.6 is 0 Å². The van der Waals surface area contributed by atoms with E-state index in [1.807, 2.05) is 0 Å². The second-order valence-corrected chi connectivity index (χ2v) is 9.07. The normalized spacial score (nSPS) is 15.4. The van der Waals surface area contributed by atoms with Crippen molar-refractivity contribution in [3.05, 3.63) is 53.2 Å². The quantitative estimate of drug-likeness (QED) is 0.316. The molecule has 1 saturated carbocycles. The highest BCUT2D eigenvalue weighted by atomic mass is 15.0. The third-order valence-electron chi connectivity index (χ3n) is 6.99. The van der Waals surface area contributed by atoms with Crippen molar-refractivity contribution in [1.29, 1.82) is 0 Å². The Hall–Kier alpha value is -6.91. The Morgan fingerprint density at radius 2 is 1.14 bits per heavy atom. The molecule has 0 bridgehead atoms. The van der Waals surface area contributed by atoms with Gasteiger partial charge in [0.15, 0.2) is 12.7 Å². The molecule has 1 aromatic carbocycles. The number of benzene rings is 1. The van der Waals surface area contributed by atoms with Crippen molar-refractivity contribution in [3.63, 3.8) is 0 Å². The molecule has 1 aliphatic heterocycles. The van der Waals surface area contributed by atoms with Gasteiger partial charge >= 0.3 is 0 Å². The van der Waals surface area contributed by atoms with E-state index < -0.39 is 0 Å². The van der Waals surface area contributed by atoms with E-state index in [1.165, 1.54) is 27.9 Å². The van der Waals surface area contributed by atoms with Crippen molar-refractivity contribution >= 4 is 0 Å². The van der Waals surface area contributed by atoms with Crippen LogP contribution in [0.15, 0.2) is 36.5 Å². The smallest absolute Gasteiger partial charge is 0.194 e. The van der Waals surface area contributed by atoms with Crippen molar-refractivity contribution in [2.75, 3.05) is 0 Å². The predicted molar refractivity (Wildman–Crippen MR) is 164 cm³/mol. The fourth-order valence-corrected chi connectivity index (χ4v) is 5.63. The maximum Gasteiger partial charge on any atom is 0.217 e. The molecule has 0 radical (unpaired) electrons. The van der Waals surface area contributed by atoms with Crippen LogP contribution in [0.4, 0.5) is 0 Å². The minimum atomic E-state index is -0.0419. The SMILES string of the molecule is C#CC#CC#CC#CC#CC#CC#CC#CC#CC#CC#CC#CC1CCCC12c1cccc3c1-c1c2ccc[n+]1C3. The molecule has 0 N–H and O–H groups in total. The third kappa shape index (κ3) is 5.59. The van der Waals surface area contributed by atoms with Crippen LogP contribution in [-0.2, 0) is 12.0 Å². The molecule has 42 heavy (non-hydrogen) atoms. The number of fused-ring (bicyclic) bond motifs is 2. The molecule has 0 saturated heterocycles. The highest BCUT2D eigenvalue weighted by Crippen LogP contribution is 2.59. The molecule has 1 fully saturated rings. The van der Waals surface area contributed by atoms with Crippen molar-refractivity contribution in [2.24, 2.45) is 5.92 Å². The largest absolute Gasteiger partial charge is 0.217 e. The summed E-state index contributed by atoms with van der Waals surface area (Å²) in [5, 5.41) is 0. The van der Waals surface area contributed by atoms with Crippen LogP contribution in [0.1, 0.15) is 36.0 Å². The molecule has 2 aromatic rings. The fourth-order valence-electron chi connectivity index (χ4n) is 5.63. The molecule has 5 rings (SSSR count). The van der Waals surface area contributed by atoms with Gasteiger partial charge in [-0.1, -0.05) is 30.5 Å². The van der Waals surface area contributed by atoms with E-state index in [0.29, 0.717) is 0 Å². The number of rotatable bonds is 0. The number of pyridine rings is 1. The van der Waals surface area contributed by atoms with Gasteiger partial charge in [-0.05, 0) is 119 Å². The van der Waals surface area contributed by atoms with Gasteiger partial charge in [-0.2, -0.15) is 4.57 Å². The molecule has 1 heteroatoms. The lowest BCUT2D eigenvalue weighted by Crippen LogP contribution is -2.36. The van der Waals surface area contributed by atoms with Crippen LogP contribution in [-0.4, -0.2) is 0 Å². The Morgan fingerprint density at radius 1 is 0.619 bits per heavy atom. The molecule has 1 spiro atoms. The summed E-state index contributed by atoms with van der Waals surface area (Å²) in [6.45, 7) is 0.954. The van der Waals surface area contributed by atoms with E-state index >= 15 is 0 Å². The molecule has 1 nitrogen and oxygen atoms in total. The lowest BCUT2D eigenvalue weighted by atomic mass is 9.70. The summed E-state index contributed by atoms with van der Waals surface area (Å²) in [5.74, 6) is 60.3. The van der Waals surface area contributed by atoms with Gasteiger partial charge in [-0.3, -0.25) is 0 Å². The molecule has 3 aliphatic rings. The zero-order valence-electron chi connectivity index (χ0n) is 22.4. The minimum absolute atomic E-state index is 0.0419. The van der Waals surface area contributed by atoms with Gasteiger partial charge in [0, 0.05) is 64.0 Å².